The molecule has 0 bridgehead atoms. The van der Waals surface area contributed by atoms with E-state index in [9.17, 15) is 13.6 Å². The highest BCUT2D eigenvalue weighted by molar-refractivity contribution is 7.99. The number of carbonyl (C=O) groups is 1. The second kappa shape index (κ2) is 11.3. The van der Waals surface area contributed by atoms with E-state index >= 15 is 0 Å². The highest BCUT2D eigenvalue weighted by Crippen LogP contribution is 2.47. The zero-order valence-corrected chi connectivity index (χ0v) is 21.3. The van der Waals surface area contributed by atoms with Gasteiger partial charge in [0, 0.05) is 29.3 Å². The molecule has 1 heterocycles. The largest absolute Gasteiger partial charge is 0.487 e. The Balaban J connectivity index is 1.38. The van der Waals surface area contributed by atoms with Gasteiger partial charge in [-0.2, -0.15) is 0 Å². The third kappa shape index (κ3) is 6.56. The SMILES string of the molecule is CCSc1ccc(CC(=O)Nc2ccc(OC3(C4CCC(F)C(C)(F)C4)CCOCC3)cc2)cc1. The number of hydrogen-bond acceptors (Lipinski definition) is 4. The highest BCUT2D eigenvalue weighted by Gasteiger charge is 2.51. The van der Waals surface area contributed by atoms with Crippen LogP contribution in [0.4, 0.5) is 14.5 Å². The standard InChI is InChI=1S/C28H35F2NO3S/c1-3-35-24-11-4-20(5-12-24)18-26(32)31-22-7-9-23(10-8-22)34-28(14-16-33-17-15-28)21-6-13-25(29)27(2,30)19-21/h4-5,7-12,21,25H,3,6,13-19H2,1-2H3,(H,31,32). The van der Waals surface area contributed by atoms with Gasteiger partial charge < -0.3 is 14.8 Å². The minimum Gasteiger partial charge on any atom is -0.487 e. The summed E-state index contributed by atoms with van der Waals surface area (Å²) in [5.74, 6) is 1.52. The van der Waals surface area contributed by atoms with E-state index in [4.69, 9.17) is 9.47 Å². The Kier molecular flexibility index (Phi) is 8.38. The number of halogens is 2. The molecule has 4 nitrogen and oxygen atoms in total. The zero-order valence-electron chi connectivity index (χ0n) is 20.5. The maximum atomic E-state index is 14.9. The van der Waals surface area contributed by atoms with E-state index in [0.717, 1.165) is 11.3 Å². The number of hydrogen-bond donors (Lipinski definition) is 1. The molecule has 35 heavy (non-hydrogen) atoms. The van der Waals surface area contributed by atoms with E-state index in [-0.39, 0.29) is 24.7 Å². The lowest BCUT2D eigenvalue weighted by atomic mass is 9.68. The van der Waals surface area contributed by atoms with Crippen LogP contribution in [0.2, 0.25) is 0 Å². The van der Waals surface area contributed by atoms with Crippen LogP contribution in [0.15, 0.2) is 53.4 Å². The van der Waals surface area contributed by atoms with Gasteiger partial charge in [0.25, 0.3) is 0 Å². The van der Waals surface area contributed by atoms with Crippen molar-refractivity contribution in [3.8, 4) is 5.75 Å². The highest BCUT2D eigenvalue weighted by atomic mass is 32.2. The molecule has 1 aliphatic heterocycles. The molecule has 0 radical (unpaired) electrons. The van der Waals surface area contributed by atoms with Gasteiger partial charge in [-0.1, -0.05) is 19.1 Å². The number of nitrogens with one attached hydrogen (secondary N) is 1. The number of benzene rings is 2. The van der Waals surface area contributed by atoms with Gasteiger partial charge in [0.2, 0.25) is 5.91 Å². The summed E-state index contributed by atoms with van der Waals surface area (Å²) in [6, 6.07) is 15.4. The van der Waals surface area contributed by atoms with Gasteiger partial charge in [0.15, 0.2) is 0 Å². The minimum absolute atomic E-state index is 0.0742. The van der Waals surface area contributed by atoms with Crippen molar-refractivity contribution >= 4 is 23.4 Å². The molecule has 2 fully saturated rings. The Morgan fingerprint density at radius 1 is 1.11 bits per heavy atom. The van der Waals surface area contributed by atoms with Gasteiger partial charge in [-0.3, -0.25) is 4.79 Å². The molecule has 190 valence electrons. The summed E-state index contributed by atoms with van der Waals surface area (Å²) >= 11 is 1.77. The number of rotatable bonds is 8. The fourth-order valence-corrected chi connectivity index (χ4v) is 5.88. The average molecular weight is 504 g/mol. The average Bonchev–Trinajstić information content (AvgIpc) is 2.84. The number of anilines is 1. The number of carbonyl (C=O) groups excluding carboxylic acids is 1. The Hall–Kier alpha value is -2.12. The van der Waals surface area contributed by atoms with Gasteiger partial charge in [0.1, 0.15) is 23.2 Å². The second-order valence-corrected chi connectivity index (χ2v) is 11.2. The summed E-state index contributed by atoms with van der Waals surface area (Å²) in [5, 5.41) is 2.94. The molecular weight excluding hydrogens is 468 g/mol. The lowest BCUT2D eigenvalue weighted by Gasteiger charge is -2.48. The maximum Gasteiger partial charge on any atom is 0.228 e. The van der Waals surface area contributed by atoms with Crippen molar-refractivity contribution in [3.63, 3.8) is 0 Å². The Morgan fingerprint density at radius 3 is 2.43 bits per heavy atom. The minimum atomic E-state index is -1.83. The van der Waals surface area contributed by atoms with Crippen LogP contribution in [-0.2, 0) is 16.0 Å². The molecule has 3 atom stereocenters. The summed E-state index contributed by atoms with van der Waals surface area (Å²) in [5.41, 5.74) is -0.748. The smallest absolute Gasteiger partial charge is 0.228 e. The normalized spacial score (nSPS) is 26.2. The topological polar surface area (TPSA) is 47.6 Å². The van der Waals surface area contributed by atoms with Crippen molar-refractivity contribution in [1.29, 1.82) is 0 Å². The van der Waals surface area contributed by atoms with E-state index in [1.807, 2.05) is 48.5 Å². The molecule has 0 spiro atoms. The summed E-state index contributed by atoms with van der Waals surface area (Å²) in [4.78, 5) is 13.7. The number of ether oxygens (including phenoxy) is 2. The first kappa shape index (κ1) is 26.0. The van der Waals surface area contributed by atoms with Crippen molar-refractivity contribution < 1.29 is 23.0 Å². The molecule has 1 aliphatic carbocycles. The van der Waals surface area contributed by atoms with Crippen molar-refractivity contribution in [2.24, 2.45) is 5.92 Å². The summed E-state index contributed by atoms with van der Waals surface area (Å²) in [6.07, 6.45) is 1.16. The van der Waals surface area contributed by atoms with Crippen LogP contribution < -0.4 is 10.1 Å². The van der Waals surface area contributed by atoms with E-state index in [1.54, 1.807) is 11.8 Å². The Bertz CT molecular complexity index is 975. The molecule has 4 rings (SSSR count). The number of alkyl halides is 2. The van der Waals surface area contributed by atoms with Crippen molar-refractivity contribution in [3.05, 3.63) is 54.1 Å². The van der Waals surface area contributed by atoms with Crippen LogP contribution in [0.25, 0.3) is 0 Å². The number of thioether (sulfide) groups is 1. The molecule has 3 unspecified atom stereocenters. The molecule has 1 amide bonds. The van der Waals surface area contributed by atoms with E-state index < -0.39 is 17.4 Å². The van der Waals surface area contributed by atoms with Crippen LogP contribution >= 0.6 is 11.8 Å². The summed E-state index contributed by atoms with van der Waals surface area (Å²) in [6.45, 7) is 4.57. The molecule has 1 saturated carbocycles. The summed E-state index contributed by atoms with van der Waals surface area (Å²) in [7, 11) is 0. The fraction of sp³-hybridized carbons (Fsp3) is 0.536. The molecule has 7 heteroatoms. The van der Waals surface area contributed by atoms with Crippen LogP contribution in [0.3, 0.4) is 0 Å². The van der Waals surface area contributed by atoms with E-state index in [1.165, 1.54) is 11.8 Å². The lowest BCUT2D eigenvalue weighted by molar-refractivity contribution is -0.117. The van der Waals surface area contributed by atoms with Gasteiger partial charge in [-0.05, 0) is 73.9 Å². The van der Waals surface area contributed by atoms with Crippen LogP contribution in [0, 0.1) is 5.92 Å². The van der Waals surface area contributed by atoms with Gasteiger partial charge in [-0.25, -0.2) is 8.78 Å². The maximum absolute atomic E-state index is 14.9. The first-order valence-corrected chi connectivity index (χ1v) is 13.5. The van der Waals surface area contributed by atoms with Crippen molar-refractivity contribution in [1.82, 2.24) is 0 Å². The van der Waals surface area contributed by atoms with Crippen LogP contribution in [-0.4, -0.2) is 42.3 Å². The molecule has 1 N–H and O–H groups in total. The Labute approximate surface area is 211 Å². The third-order valence-corrected chi connectivity index (χ3v) is 8.10. The molecule has 2 aliphatic rings. The van der Waals surface area contributed by atoms with Crippen molar-refractivity contribution in [2.45, 2.75) is 74.7 Å². The second-order valence-electron chi connectivity index (χ2n) is 9.83. The molecular formula is C28H35F2NO3S. The van der Waals surface area contributed by atoms with Crippen molar-refractivity contribution in [2.75, 3.05) is 24.3 Å². The molecule has 1 saturated heterocycles. The van der Waals surface area contributed by atoms with Crippen LogP contribution in [0.5, 0.6) is 5.75 Å². The van der Waals surface area contributed by atoms with Crippen LogP contribution in [0.1, 0.15) is 51.5 Å². The fourth-order valence-electron chi connectivity index (χ4n) is 5.22. The molecule has 2 aromatic carbocycles. The molecule has 2 aromatic rings. The monoisotopic (exact) mass is 503 g/mol. The Morgan fingerprint density at radius 2 is 1.80 bits per heavy atom. The summed E-state index contributed by atoms with van der Waals surface area (Å²) < 4.78 is 41.0. The predicted octanol–water partition coefficient (Wildman–Crippen LogP) is 6.77. The lowest BCUT2D eigenvalue weighted by Crippen LogP contribution is -2.53. The predicted molar refractivity (Wildman–Crippen MR) is 137 cm³/mol. The van der Waals surface area contributed by atoms with Gasteiger partial charge in [-0.15, -0.1) is 11.8 Å². The van der Waals surface area contributed by atoms with Gasteiger partial charge >= 0.3 is 0 Å². The quantitative estimate of drug-likeness (QED) is 0.404. The zero-order chi connectivity index (χ0) is 24.9. The number of amides is 1. The third-order valence-electron chi connectivity index (χ3n) is 7.21. The molecule has 0 aromatic heterocycles. The first-order valence-electron chi connectivity index (χ1n) is 12.5. The van der Waals surface area contributed by atoms with Gasteiger partial charge in [0.05, 0.1) is 19.6 Å². The van der Waals surface area contributed by atoms with E-state index in [2.05, 4.69) is 12.2 Å². The first-order chi connectivity index (χ1) is 16.8. The van der Waals surface area contributed by atoms with E-state index in [0.29, 0.717) is 50.3 Å².